The van der Waals surface area contributed by atoms with Crippen molar-refractivity contribution in [2.75, 3.05) is 26.3 Å². The van der Waals surface area contributed by atoms with Crippen molar-refractivity contribution in [3.05, 3.63) is 52.9 Å². The molecule has 4 rings (SSSR count). The van der Waals surface area contributed by atoms with Gasteiger partial charge in [0.25, 0.3) is 0 Å². The van der Waals surface area contributed by atoms with E-state index in [1.807, 2.05) is 18.2 Å². The number of primary amides is 1. The molecule has 0 aliphatic carbocycles. The molecule has 1 amide bonds. The standard InChI is InChI=1S/C19H19N3O3/c20-18-14-10-12(11-22-6-8-24-9-7-22)4-5-15(14)25-16-3-1-2-13(17(16)18)19(21)23/h1-5,10,20H,6-9,11H2,(H2,21,23). The molecule has 6 heteroatoms. The Balaban J connectivity index is 1.84. The van der Waals surface area contributed by atoms with E-state index in [1.54, 1.807) is 18.2 Å². The summed E-state index contributed by atoms with van der Waals surface area (Å²) in [4.78, 5) is 14.0. The summed E-state index contributed by atoms with van der Waals surface area (Å²) < 4.78 is 11.3. The molecule has 1 aliphatic rings. The van der Waals surface area contributed by atoms with Crippen LogP contribution in [-0.4, -0.2) is 37.1 Å². The summed E-state index contributed by atoms with van der Waals surface area (Å²) in [6.07, 6.45) is 0. The summed E-state index contributed by atoms with van der Waals surface area (Å²) in [5, 5.41) is 10.0. The number of hydrogen-bond acceptors (Lipinski definition) is 5. The van der Waals surface area contributed by atoms with Gasteiger partial charge in [0.1, 0.15) is 11.2 Å². The van der Waals surface area contributed by atoms with Crippen LogP contribution in [0.5, 0.6) is 0 Å². The van der Waals surface area contributed by atoms with Crippen LogP contribution in [-0.2, 0) is 11.3 Å². The van der Waals surface area contributed by atoms with Crippen molar-refractivity contribution < 1.29 is 13.9 Å². The number of morpholine rings is 1. The highest BCUT2D eigenvalue weighted by atomic mass is 16.5. The van der Waals surface area contributed by atoms with E-state index in [1.165, 1.54) is 0 Å². The van der Waals surface area contributed by atoms with Crippen LogP contribution in [0.4, 0.5) is 0 Å². The number of carbonyl (C=O) groups excluding carboxylic acids is 1. The molecule has 0 radical (unpaired) electrons. The van der Waals surface area contributed by atoms with Gasteiger partial charge in [-0.05, 0) is 29.8 Å². The zero-order valence-electron chi connectivity index (χ0n) is 13.7. The van der Waals surface area contributed by atoms with Crippen LogP contribution in [0.3, 0.4) is 0 Å². The number of amides is 1. The molecule has 1 aromatic heterocycles. The van der Waals surface area contributed by atoms with Gasteiger partial charge in [0, 0.05) is 25.0 Å². The van der Waals surface area contributed by atoms with Gasteiger partial charge in [-0.1, -0.05) is 12.1 Å². The van der Waals surface area contributed by atoms with Crippen LogP contribution in [0.1, 0.15) is 15.9 Å². The summed E-state index contributed by atoms with van der Waals surface area (Å²) in [5.41, 5.74) is 8.01. The highest BCUT2D eigenvalue weighted by Crippen LogP contribution is 2.22. The first-order valence-corrected chi connectivity index (χ1v) is 8.26. The predicted molar refractivity (Wildman–Crippen MR) is 94.2 cm³/mol. The Hall–Kier alpha value is -2.70. The molecular weight excluding hydrogens is 318 g/mol. The fraction of sp³-hybridized carbons (Fsp3) is 0.263. The van der Waals surface area contributed by atoms with Crippen molar-refractivity contribution in [2.24, 2.45) is 5.73 Å². The molecule has 0 saturated carbocycles. The Labute approximate surface area is 144 Å². The van der Waals surface area contributed by atoms with Crippen molar-refractivity contribution >= 4 is 27.8 Å². The normalized spacial score (nSPS) is 15.7. The van der Waals surface area contributed by atoms with Crippen molar-refractivity contribution in [2.45, 2.75) is 6.54 Å². The smallest absolute Gasteiger partial charge is 0.249 e. The maximum absolute atomic E-state index is 11.7. The molecular formula is C19H19N3O3. The molecule has 0 bridgehead atoms. The van der Waals surface area contributed by atoms with E-state index in [9.17, 15) is 4.79 Å². The van der Waals surface area contributed by atoms with Crippen molar-refractivity contribution in [1.29, 1.82) is 5.41 Å². The SMILES string of the molecule is N=c1c2cc(CN3CCOCC3)ccc2oc2cccc(C(N)=O)c12. The van der Waals surface area contributed by atoms with E-state index in [4.69, 9.17) is 20.3 Å². The van der Waals surface area contributed by atoms with Gasteiger partial charge in [-0.2, -0.15) is 0 Å². The summed E-state index contributed by atoms with van der Waals surface area (Å²) in [7, 11) is 0. The van der Waals surface area contributed by atoms with Gasteiger partial charge in [0.05, 0.1) is 29.5 Å². The third-order valence-corrected chi connectivity index (χ3v) is 4.58. The fourth-order valence-electron chi connectivity index (χ4n) is 3.31. The van der Waals surface area contributed by atoms with Crippen molar-refractivity contribution in [3.8, 4) is 0 Å². The lowest BCUT2D eigenvalue weighted by molar-refractivity contribution is 0.0342. The largest absolute Gasteiger partial charge is 0.456 e. The first-order valence-electron chi connectivity index (χ1n) is 8.26. The lowest BCUT2D eigenvalue weighted by Gasteiger charge is -2.26. The number of nitrogens with zero attached hydrogens (tertiary/aromatic N) is 1. The van der Waals surface area contributed by atoms with Gasteiger partial charge in [-0.15, -0.1) is 0 Å². The van der Waals surface area contributed by atoms with Crippen LogP contribution in [0.15, 0.2) is 40.8 Å². The summed E-state index contributed by atoms with van der Waals surface area (Å²) in [6, 6.07) is 11.0. The van der Waals surface area contributed by atoms with E-state index in [0.717, 1.165) is 38.4 Å². The Morgan fingerprint density at radius 1 is 1.16 bits per heavy atom. The van der Waals surface area contributed by atoms with E-state index in [-0.39, 0.29) is 5.36 Å². The Morgan fingerprint density at radius 3 is 2.72 bits per heavy atom. The molecule has 1 saturated heterocycles. The number of nitrogens with one attached hydrogen (secondary N) is 1. The van der Waals surface area contributed by atoms with E-state index in [2.05, 4.69) is 4.90 Å². The molecule has 1 aliphatic heterocycles. The Morgan fingerprint density at radius 2 is 1.96 bits per heavy atom. The average Bonchev–Trinajstić information content (AvgIpc) is 2.63. The van der Waals surface area contributed by atoms with Gasteiger partial charge in [-0.25, -0.2) is 0 Å². The first kappa shape index (κ1) is 15.8. The molecule has 1 fully saturated rings. The van der Waals surface area contributed by atoms with Gasteiger partial charge in [0.2, 0.25) is 5.91 Å². The highest BCUT2D eigenvalue weighted by molar-refractivity contribution is 6.06. The molecule has 0 spiro atoms. The number of rotatable bonds is 3. The number of hydrogen-bond donors (Lipinski definition) is 2. The fourth-order valence-corrected chi connectivity index (χ4v) is 3.31. The lowest BCUT2D eigenvalue weighted by atomic mass is 10.0. The number of ether oxygens (including phenoxy) is 1. The zero-order valence-corrected chi connectivity index (χ0v) is 13.7. The van der Waals surface area contributed by atoms with Crippen LogP contribution < -0.4 is 11.1 Å². The number of nitrogens with two attached hydrogens (primary N) is 1. The summed E-state index contributed by atoms with van der Waals surface area (Å²) >= 11 is 0. The second-order valence-electron chi connectivity index (χ2n) is 6.24. The molecule has 3 N–H and O–H groups in total. The second kappa shape index (κ2) is 6.31. The van der Waals surface area contributed by atoms with Gasteiger partial charge >= 0.3 is 0 Å². The molecule has 0 unspecified atom stereocenters. The Bertz CT molecular complexity index is 1020. The average molecular weight is 337 g/mol. The van der Waals surface area contributed by atoms with Crippen molar-refractivity contribution in [1.82, 2.24) is 4.90 Å². The molecule has 0 atom stereocenters. The van der Waals surface area contributed by atoms with Crippen LogP contribution in [0, 0.1) is 5.41 Å². The lowest BCUT2D eigenvalue weighted by Crippen LogP contribution is -2.35. The number of benzene rings is 2. The second-order valence-corrected chi connectivity index (χ2v) is 6.24. The Kier molecular flexibility index (Phi) is 3.99. The molecule has 25 heavy (non-hydrogen) atoms. The minimum absolute atomic E-state index is 0.273. The molecule has 2 aromatic carbocycles. The molecule has 6 nitrogen and oxygen atoms in total. The van der Waals surface area contributed by atoms with E-state index in [0.29, 0.717) is 27.5 Å². The zero-order chi connectivity index (χ0) is 17.4. The van der Waals surface area contributed by atoms with Gasteiger partial charge in [0.15, 0.2) is 0 Å². The highest BCUT2D eigenvalue weighted by Gasteiger charge is 2.14. The third-order valence-electron chi connectivity index (χ3n) is 4.58. The number of carbonyl (C=O) groups is 1. The monoisotopic (exact) mass is 337 g/mol. The van der Waals surface area contributed by atoms with Gasteiger partial charge < -0.3 is 14.9 Å². The maximum Gasteiger partial charge on any atom is 0.249 e. The maximum atomic E-state index is 11.7. The molecule has 128 valence electrons. The third kappa shape index (κ3) is 2.90. The molecule has 3 aromatic rings. The number of fused-ring (bicyclic) bond motifs is 2. The minimum Gasteiger partial charge on any atom is -0.456 e. The van der Waals surface area contributed by atoms with E-state index >= 15 is 0 Å². The van der Waals surface area contributed by atoms with Crippen LogP contribution in [0.2, 0.25) is 0 Å². The topological polar surface area (TPSA) is 92.6 Å². The molecule has 2 heterocycles. The predicted octanol–water partition coefficient (Wildman–Crippen LogP) is 2.00. The summed E-state index contributed by atoms with van der Waals surface area (Å²) in [5.74, 6) is -0.557. The first-order chi connectivity index (χ1) is 12.1. The quantitative estimate of drug-likeness (QED) is 0.715. The summed E-state index contributed by atoms with van der Waals surface area (Å²) in [6.45, 7) is 4.10. The van der Waals surface area contributed by atoms with Crippen LogP contribution >= 0.6 is 0 Å². The minimum atomic E-state index is -0.557. The van der Waals surface area contributed by atoms with Crippen LogP contribution in [0.25, 0.3) is 21.9 Å². The van der Waals surface area contributed by atoms with E-state index < -0.39 is 5.91 Å². The van der Waals surface area contributed by atoms with Gasteiger partial charge in [-0.3, -0.25) is 15.1 Å². The van der Waals surface area contributed by atoms with Crippen molar-refractivity contribution in [3.63, 3.8) is 0 Å².